The van der Waals surface area contributed by atoms with Crippen molar-refractivity contribution >= 4 is 18.1 Å². The topological polar surface area (TPSA) is 83.1 Å². The van der Waals surface area contributed by atoms with E-state index in [2.05, 4.69) is 10.1 Å². The molecule has 1 aromatic rings. The molecule has 1 aromatic carbocycles. The summed E-state index contributed by atoms with van der Waals surface area (Å²) in [4.78, 5) is 23.8. The van der Waals surface area contributed by atoms with Gasteiger partial charge in [0, 0.05) is 6.07 Å². The largest absolute Gasteiger partial charge is 0.497 e. The molecule has 1 amide bonds. The third-order valence-electron chi connectivity index (χ3n) is 2.73. The minimum Gasteiger partial charge on any atom is -0.497 e. The molecule has 0 aromatic heterocycles. The van der Waals surface area contributed by atoms with E-state index in [4.69, 9.17) is 14.2 Å². The maximum atomic E-state index is 11.9. The Balaban J connectivity index is 3.14. The van der Waals surface area contributed by atoms with Crippen LogP contribution in [0.5, 0.6) is 11.5 Å². The molecular formula is C17H23NO6. The minimum absolute atomic E-state index is 0.0675. The molecule has 0 bridgehead atoms. The number of hydrogen-bond donors (Lipinski definition) is 1. The highest BCUT2D eigenvalue weighted by Gasteiger charge is 2.20. The second-order valence-electron chi connectivity index (χ2n) is 5.82. The number of benzene rings is 1. The number of esters is 1. The second-order valence-corrected chi connectivity index (χ2v) is 5.82. The second kappa shape index (κ2) is 8.24. The number of nitrogens with one attached hydrogen (secondary N) is 1. The van der Waals surface area contributed by atoms with Crippen LogP contribution in [0.15, 0.2) is 23.9 Å². The highest BCUT2D eigenvalue weighted by Crippen LogP contribution is 2.24. The van der Waals surface area contributed by atoms with E-state index in [9.17, 15) is 9.59 Å². The van der Waals surface area contributed by atoms with Crippen molar-refractivity contribution in [2.45, 2.75) is 26.4 Å². The molecule has 0 aliphatic heterocycles. The first-order valence-corrected chi connectivity index (χ1v) is 7.21. The molecule has 0 aliphatic carbocycles. The summed E-state index contributed by atoms with van der Waals surface area (Å²) in [5.41, 5.74) is -0.172. The van der Waals surface area contributed by atoms with E-state index in [1.807, 2.05) is 0 Å². The van der Waals surface area contributed by atoms with Gasteiger partial charge in [0.25, 0.3) is 0 Å². The Morgan fingerprint density at radius 1 is 1.00 bits per heavy atom. The van der Waals surface area contributed by atoms with Crippen LogP contribution in [0.2, 0.25) is 0 Å². The van der Waals surface area contributed by atoms with Crippen molar-refractivity contribution in [3.05, 3.63) is 29.5 Å². The predicted octanol–water partition coefficient (Wildman–Crippen LogP) is 2.74. The van der Waals surface area contributed by atoms with Crippen molar-refractivity contribution in [3.63, 3.8) is 0 Å². The number of methoxy groups -OCH3 is 3. The minimum atomic E-state index is -0.756. The molecule has 0 aliphatic rings. The molecule has 7 heteroatoms. The zero-order valence-corrected chi connectivity index (χ0v) is 14.8. The molecule has 1 rings (SSSR count). The molecule has 0 saturated heterocycles. The lowest BCUT2D eigenvalue weighted by molar-refractivity contribution is -0.136. The Hall–Kier alpha value is -2.70. The van der Waals surface area contributed by atoms with E-state index in [1.165, 1.54) is 27.4 Å². The molecule has 132 valence electrons. The van der Waals surface area contributed by atoms with Gasteiger partial charge in [-0.15, -0.1) is 0 Å². The molecule has 0 radical (unpaired) electrons. The van der Waals surface area contributed by atoms with Crippen LogP contribution in [0.4, 0.5) is 4.79 Å². The monoisotopic (exact) mass is 337 g/mol. The van der Waals surface area contributed by atoms with Crippen LogP contribution in [-0.4, -0.2) is 39.0 Å². The van der Waals surface area contributed by atoms with Crippen molar-refractivity contribution in [2.24, 2.45) is 0 Å². The fourth-order valence-corrected chi connectivity index (χ4v) is 1.75. The zero-order chi connectivity index (χ0) is 18.3. The third kappa shape index (κ3) is 6.20. The maximum absolute atomic E-state index is 11.9. The number of ether oxygens (including phenoxy) is 4. The van der Waals surface area contributed by atoms with Gasteiger partial charge in [-0.25, -0.2) is 9.59 Å². The SMILES string of the molecule is COC(=O)/C(=C/c1cc(OC)cc(OC)c1)NC(=O)OC(C)(C)C. The van der Waals surface area contributed by atoms with Gasteiger partial charge in [0.1, 0.15) is 22.8 Å². The lowest BCUT2D eigenvalue weighted by atomic mass is 10.1. The van der Waals surface area contributed by atoms with Crippen molar-refractivity contribution < 1.29 is 28.5 Å². The normalized spacial score (nSPS) is 11.5. The number of amides is 1. The first-order chi connectivity index (χ1) is 11.2. The van der Waals surface area contributed by atoms with Gasteiger partial charge in [-0.05, 0) is 44.5 Å². The van der Waals surface area contributed by atoms with E-state index in [0.717, 1.165) is 0 Å². The summed E-state index contributed by atoms with van der Waals surface area (Å²) >= 11 is 0. The van der Waals surface area contributed by atoms with Gasteiger partial charge in [-0.3, -0.25) is 5.32 Å². The standard InChI is InChI=1S/C17H23NO6/c1-17(2,3)24-16(20)18-14(15(19)23-6)9-11-7-12(21-4)10-13(8-11)22-5/h7-10H,1-6H3,(H,18,20)/b14-9-. The summed E-state index contributed by atoms with van der Waals surface area (Å²) in [6.45, 7) is 5.17. The van der Waals surface area contributed by atoms with Crippen molar-refractivity contribution in [2.75, 3.05) is 21.3 Å². The summed E-state index contributed by atoms with van der Waals surface area (Å²) in [6, 6.07) is 5.06. The Kier molecular flexibility index (Phi) is 6.64. The summed E-state index contributed by atoms with van der Waals surface area (Å²) < 4.78 is 20.2. The van der Waals surface area contributed by atoms with Gasteiger partial charge in [-0.2, -0.15) is 0 Å². The van der Waals surface area contributed by atoms with Gasteiger partial charge in [0.15, 0.2) is 0 Å². The van der Waals surface area contributed by atoms with E-state index in [1.54, 1.807) is 39.0 Å². The molecule has 0 saturated carbocycles. The van der Waals surface area contributed by atoms with Crippen LogP contribution in [0, 0.1) is 0 Å². The molecule has 24 heavy (non-hydrogen) atoms. The van der Waals surface area contributed by atoms with Crippen LogP contribution >= 0.6 is 0 Å². The molecule has 0 heterocycles. The van der Waals surface area contributed by atoms with E-state index in [-0.39, 0.29) is 5.70 Å². The molecule has 0 spiro atoms. The van der Waals surface area contributed by atoms with Gasteiger partial charge in [0.2, 0.25) is 0 Å². The number of alkyl carbamates (subject to hydrolysis) is 1. The molecule has 1 N–H and O–H groups in total. The molecule has 7 nitrogen and oxygen atoms in total. The van der Waals surface area contributed by atoms with E-state index < -0.39 is 17.7 Å². The van der Waals surface area contributed by atoms with Gasteiger partial charge in [-0.1, -0.05) is 0 Å². The van der Waals surface area contributed by atoms with Crippen LogP contribution < -0.4 is 14.8 Å². The van der Waals surface area contributed by atoms with Crippen LogP contribution in [0.1, 0.15) is 26.3 Å². The number of carbonyl (C=O) groups excluding carboxylic acids is 2. The lowest BCUT2D eigenvalue weighted by Gasteiger charge is -2.20. The Morgan fingerprint density at radius 2 is 1.54 bits per heavy atom. The molecular weight excluding hydrogens is 314 g/mol. The molecule has 0 atom stereocenters. The van der Waals surface area contributed by atoms with Crippen LogP contribution in [0.3, 0.4) is 0 Å². The third-order valence-corrected chi connectivity index (χ3v) is 2.73. The fraction of sp³-hybridized carbons (Fsp3) is 0.412. The molecule has 0 unspecified atom stereocenters. The summed E-state index contributed by atoms with van der Waals surface area (Å²) in [6.07, 6.45) is 0.690. The van der Waals surface area contributed by atoms with Crippen LogP contribution in [0.25, 0.3) is 6.08 Å². The first-order valence-electron chi connectivity index (χ1n) is 7.21. The highest BCUT2D eigenvalue weighted by molar-refractivity contribution is 5.96. The van der Waals surface area contributed by atoms with Crippen molar-refractivity contribution in [1.29, 1.82) is 0 Å². The Morgan fingerprint density at radius 3 is 1.96 bits per heavy atom. The van der Waals surface area contributed by atoms with Gasteiger partial charge >= 0.3 is 12.1 Å². The Labute approximate surface area is 141 Å². The highest BCUT2D eigenvalue weighted by atomic mass is 16.6. The maximum Gasteiger partial charge on any atom is 0.412 e. The van der Waals surface area contributed by atoms with Crippen molar-refractivity contribution in [1.82, 2.24) is 5.32 Å². The summed E-state index contributed by atoms with van der Waals surface area (Å²) in [5, 5.41) is 2.39. The van der Waals surface area contributed by atoms with E-state index in [0.29, 0.717) is 17.1 Å². The fourth-order valence-electron chi connectivity index (χ4n) is 1.75. The van der Waals surface area contributed by atoms with E-state index >= 15 is 0 Å². The smallest absolute Gasteiger partial charge is 0.412 e. The molecule has 0 fully saturated rings. The first kappa shape index (κ1) is 19.3. The quantitative estimate of drug-likeness (QED) is 0.657. The van der Waals surface area contributed by atoms with Gasteiger partial charge in [0.05, 0.1) is 21.3 Å². The van der Waals surface area contributed by atoms with Gasteiger partial charge < -0.3 is 18.9 Å². The Bertz CT molecular complexity index is 608. The van der Waals surface area contributed by atoms with Crippen LogP contribution in [-0.2, 0) is 14.3 Å². The summed E-state index contributed by atoms with van der Waals surface area (Å²) in [5.74, 6) is 0.381. The number of rotatable bonds is 5. The predicted molar refractivity (Wildman–Crippen MR) is 88.9 cm³/mol. The number of carbonyl (C=O) groups is 2. The summed E-state index contributed by atoms with van der Waals surface area (Å²) in [7, 11) is 4.25. The zero-order valence-electron chi connectivity index (χ0n) is 14.8. The van der Waals surface area contributed by atoms with Crippen molar-refractivity contribution in [3.8, 4) is 11.5 Å². The lowest BCUT2D eigenvalue weighted by Crippen LogP contribution is -2.34. The average Bonchev–Trinajstić information content (AvgIpc) is 2.51. The average molecular weight is 337 g/mol. The number of hydrogen-bond acceptors (Lipinski definition) is 6.